The minimum atomic E-state index is 0.392. The quantitative estimate of drug-likeness (QED) is 0.542. The van der Waals surface area contributed by atoms with Crippen molar-refractivity contribution in [3.8, 4) is 11.5 Å². The number of para-hydroxylation sites is 1. The highest BCUT2D eigenvalue weighted by atomic mass is 16.5. The molecule has 3 aromatic rings. The number of aromatic nitrogens is 1. The van der Waals surface area contributed by atoms with E-state index in [4.69, 9.17) is 9.47 Å². The average molecular weight is 422 g/mol. The lowest BCUT2D eigenvalue weighted by Crippen LogP contribution is -2.47. The van der Waals surface area contributed by atoms with Crippen molar-refractivity contribution in [3.05, 3.63) is 53.7 Å². The van der Waals surface area contributed by atoms with Crippen LogP contribution in [0.2, 0.25) is 0 Å². The molecular formula is C26H35N3O2. The SMILES string of the molecule is COc1cc2c(CCN3CCN(c4ccccc4)CC3)c(C)n(C(C)C)c2cc1OC. The summed E-state index contributed by atoms with van der Waals surface area (Å²) in [4.78, 5) is 5.09. The lowest BCUT2D eigenvalue weighted by molar-refractivity contribution is 0.261. The summed E-state index contributed by atoms with van der Waals surface area (Å²) in [6.45, 7) is 12.2. The van der Waals surface area contributed by atoms with Crippen LogP contribution >= 0.6 is 0 Å². The molecule has 0 unspecified atom stereocenters. The van der Waals surface area contributed by atoms with Gasteiger partial charge in [0.1, 0.15) is 0 Å². The Hall–Kier alpha value is -2.66. The summed E-state index contributed by atoms with van der Waals surface area (Å²) in [7, 11) is 3.41. The van der Waals surface area contributed by atoms with Crippen LogP contribution in [0.3, 0.4) is 0 Å². The summed E-state index contributed by atoms with van der Waals surface area (Å²) < 4.78 is 13.6. The minimum absolute atomic E-state index is 0.392. The Morgan fingerprint density at radius 3 is 2.16 bits per heavy atom. The van der Waals surface area contributed by atoms with E-state index < -0.39 is 0 Å². The molecule has 0 radical (unpaired) electrons. The lowest BCUT2D eigenvalue weighted by atomic mass is 10.1. The first-order valence-electron chi connectivity index (χ1n) is 11.3. The second-order valence-electron chi connectivity index (χ2n) is 8.67. The number of methoxy groups -OCH3 is 2. The number of fused-ring (bicyclic) bond motifs is 1. The molecule has 1 aromatic heterocycles. The zero-order valence-corrected chi connectivity index (χ0v) is 19.5. The van der Waals surface area contributed by atoms with Crippen molar-refractivity contribution in [1.29, 1.82) is 0 Å². The Morgan fingerprint density at radius 2 is 1.55 bits per heavy atom. The molecule has 166 valence electrons. The van der Waals surface area contributed by atoms with Gasteiger partial charge in [-0.05, 0) is 51.0 Å². The van der Waals surface area contributed by atoms with Crippen LogP contribution < -0.4 is 14.4 Å². The molecule has 5 heteroatoms. The molecule has 2 aromatic carbocycles. The number of nitrogens with zero attached hydrogens (tertiary/aromatic N) is 3. The molecular weight excluding hydrogens is 386 g/mol. The first-order chi connectivity index (χ1) is 15.0. The van der Waals surface area contributed by atoms with Gasteiger partial charge in [0, 0.05) is 61.6 Å². The molecule has 0 aliphatic carbocycles. The molecule has 1 aliphatic heterocycles. The maximum Gasteiger partial charge on any atom is 0.162 e. The van der Waals surface area contributed by atoms with E-state index >= 15 is 0 Å². The van der Waals surface area contributed by atoms with Crippen molar-refractivity contribution in [2.24, 2.45) is 0 Å². The van der Waals surface area contributed by atoms with Gasteiger partial charge in [-0.1, -0.05) is 18.2 Å². The van der Waals surface area contributed by atoms with Crippen molar-refractivity contribution < 1.29 is 9.47 Å². The fourth-order valence-corrected chi connectivity index (χ4v) is 4.95. The van der Waals surface area contributed by atoms with Gasteiger partial charge < -0.3 is 18.9 Å². The van der Waals surface area contributed by atoms with Gasteiger partial charge in [0.05, 0.1) is 19.7 Å². The van der Waals surface area contributed by atoms with Gasteiger partial charge in [0.15, 0.2) is 11.5 Å². The van der Waals surface area contributed by atoms with Crippen molar-refractivity contribution in [2.75, 3.05) is 51.8 Å². The second kappa shape index (κ2) is 9.23. The first kappa shape index (κ1) is 21.6. The summed E-state index contributed by atoms with van der Waals surface area (Å²) >= 11 is 0. The third kappa shape index (κ3) is 4.24. The molecule has 31 heavy (non-hydrogen) atoms. The van der Waals surface area contributed by atoms with Gasteiger partial charge in [0.25, 0.3) is 0 Å². The molecule has 0 saturated carbocycles. The molecule has 2 heterocycles. The highest BCUT2D eigenvalue weighted by molar-refractivity contribution is 5.89. The average Bonchev–Trinajstić information content (AvgIpc) is 3.07. The number of hydrogen-bond acceptors (Lipinski definition) is 4. The van der Waals surface area contributed by atoms with Crippen LogP contribution in [0.1, 0.15) is 31.1 Å². The van der Waals surface area contributed by atoms with Crippen LogP contribution in [0.5, 0.6) is 11.5 Å². The summed E-state index contributed by atoms with van der Waals surface area (Å²) in [5.41, 5.74) is 5.34. The lowest BCUT2D eigenvalue weighted by Gasteiger charge is -2.36. The van der Waals surface area contributed by atoms with Crippen LogP contribution in [-0.4, -0.2) is 56.4 Å². The molecule has 1 aliphatic rings. The van der Waals surface area contributed by atoms with Crippen molar-refractivity contribution >= 4 is 16.6 Å². The van der Waals surface area contributed by atoms with Crippen molar-refractivity contribution in [1.82, 2.24) is 9.47 Å². The van der Waals surface area contributed by atoms with E-state index in [0.29, 0.717) is 6.04 Å². The third-order valence-electron chi connectivity index (χ3n) is 6.57. The number of ether oxygens (including phenoxy) is 2. The smallest absolute Gasteiger partial charge is 0.162 e. The van der Waals surface area contributed by atoms with Crippen LogP contribution in [0.15, 0.2) is 42.5 Å². The number of rotatable bonds is 7. The van der Waals surface area contributed by atoms with Gasteiger partial charge in [-0.2, -0.15) is 0 Å². The van der Waals surface area contributed by atoms with E-state index in [2.05, 4.69) is 77.6 Å². The number of piperazine rings is 1. The Balaban J connectivity index is 1.53. The Labute approximate surface area is 186 Å². The molecule has 0 atom stereocenters. The molecule has 5 nitrogen and oxygen atoms in total. The summed E-state index contributed by atoms with van der Waals surface area (Å²) in [6.07, 6.45) is 1.04. The highest BCUT2D eigenvalue weighted by Gasteiger charge is 2.21. The molecule has 0 amide bonds. The largest absolute Gasteiger partial charge is 0.493 e. The fourth-order valence-electron chi connectivity index (χ4n) is 4.95. The maximum absolute atomic E-state index is 5.61. The third-order valence-corrected chi connectivity index (χ3v) is 6.57. The highest BCUT2D eigenvalue weighted by Crippen LogP contribution is 2.38. The van der Waals surface area contributed by atoms with Crippen LogP contribution in [0.4, 0.5) is 5.69 Å². The van der Waals surface area contributed by atoms with E-state index in [1.54, 1.807) is 14.2 Å². The molecule has 0 N–H and O–H groups in total. The Bertz CT molecular complexity index is 1020. The fraction of sp³-hybridized carbons (Fsp3) is 0.462. The van der Waals surface area contributed by atoms with Crippen LogP contribution in [0, 0.1) is 6.92 Å². The van der Waals surface area contributed by atoms with E-state index in [-0.39, 0.29) is 0 Å². The van der Waals surface area contributed by atoms with Gasteiger partial charge in [-0.15, -0.1) is 0 Å². The van der Waals surface area contributed by atoms with E-state index in [0.717, 1.165) is 50.6 Å². The molecule has 0 spiro atoms. The zero-order chi connectivity index (χ0) is 22.0. The zero-order valence-electron chi connectivity index (χ0n) is 19.5. The Kier molecular flexibility index (Phi) is 6.42. The van der Waals surface area contributed by atoms with E-state index in [9.17, 15) is 0 Å². The normalized spacial score (nSPS) is 15.1. The Morgan fingerprint density at radius 1 is 0.903 bits per heavy atom. The summed E-state index contributed by atoms with van der Waals surface area (Å²) in [5, 5.41) is 1.28. The molecule has 4 rings (SSSR count). The summed E-state index contributed by atoms with van der Waals surface area (Å²) in [5.74, 6) is 1.59. The van der Waals surface area contributed by atoms with E-state index in [1.807, 2.05) is 0 Å². The van der Waals surface area contributed by atoms with E-state index in [1.165, 1.54) is 27.8 Å². The monoisotopic (exact) mass is 421 g/mol. The molecule has 1 saturated heterocycles. The standard InChI is InChI=1S/C26H35N3O2/c1-19(2)29-20(3)22(23-17-25(30-4)26(31-5)18-24(23)29)11-12-27-13-15-28(16-14-27)21-9-7-6-8-10-21/h6-10,17-19H,11-16H2,1-5H3. The second-order valence-corrected chi connectivity index (χ2v) is 8.67. The summed E-state index contributed by atoms with van der Waals surface area (Å²) in [6, 6.07) is 15.4. The van der Waals surface area contributed by atoms with Crippen LogP contribution in [-0.2, 0) is 6.42 Å². The minimum Gasteiger partial charge on any atom is -0.493 e. The topological polar surface area (TPSA) is 29.9 Å². The van der Waals surface area contributed by atoms with Crippen LogP contribution in [0.25, 0.3) is 10.9 Å². The number of anilines is 1. The predicted molar refractivity (Wildman–Crippen MR) is 129 cm³/mol. The van der Waals surface area contributed by atoms with Crippen molar-refractivity contribution in [3.63, 3.8) is 0 Å². The maximum atomic E-state index is 5.61. The van der Waals surface area contributed by atoms with Gasteiger partial charge >= 0.3 is 0 Å². The van der Waals surface area contributed by atoms with Crippen molar-refractivity contribution in [2.45, 2.75) is 33.2 Å². The molecule has 0 bridgehead atoms. The molecule has 1 fully saturated rings. The number of benzene rings is 2. The van der Waals surface area contributed by atoms with Gasteiger partial charge in [-0.3, -0.25) is 4.90 Å². The first-order valence-corrected chi connectivity index (χ1v) is 11.3. The predicted octanol–water partition coefficient (Wildman–Crippen LogP) is 4.91. The number of hydrogen-bond donors (Lipinski definition) is 0. The van der Waals surface area contributed by atoms with Gasteiger partial charge in [-0.25, -0.2) is 0 Å². The van der Waals surface area contributed by atoms with Gasteiger partial charge in [0.2, 0.25) is 0 Å².